The number of benzene rings is 1. The number of ether oxygens (including phenoxy) is 2. The van der Waals surface area contributed by atoms with E-state index in [1.807, 2.05) is 6.07 Å². The fourth-order valence-electron chi connectivity index (χ4n) is 1.41. The zero-order valence-electron chi connectivity index (χ0n) is 11.1. The Hall–Kier alpha value is -1.30. The van der Waals surface area contributed by atoms with Gasteiger partial charge in [0.15, 0.2) is 6.10 Å². The van der Waals surface area contributed by atoms with Crippen molar-refractivity contribution >= 4 is 17.5 Å². The molecule has 0 saturated heterocycles. The van der Waals surface area contributed by atoms with Crippen LogP contribution in [0.3, 0.4) is 0 Å². The number of rotatable bonds is 8. The third kappa shape index (κ3) is 5.46. The van der Waals surface area contributed by atoms with Crippen LogP contribution in [0, 0.1) is 0 Å². The highest BCUT2D eigenvalue weighted by Gasteiger charge is 2.12. The van der Waals surface area contributed by atoms with Crippen LogP contribution >= 0.6 is 11.6 Å². The van der Waals surface area contributed by atoms with E-state index in [-0.39, 0.29) is 0 Å². The summed E-state index contributed by atoms with van der Waals surface area (Å²) in [6, 6.07) is 5.41. The molecule has 0 radical (unpaired) electrons. The van der Waals surface area contributed by atoms with E-state index in [4.69, 9.17) is 26.8 Å². The Balaban J connectivity index is 2.56. The molecule has 1 atom stereocenters. The van der Waals surface area contributed by atoms with E-state index in [1.54, 1.807) is 26.2 Å². The molecule has 0 spiro atoms. The Labute approximate surface area is 118 Å². The summed E-state index contributed by atoms with van der Waals surface area (Å²) in [7, 11) is 1.66. The molecule has 0 aliphatic carbocycles. The summed E-state index contributed by atoms with van der Waals surface area (Å²) in [4.78, 5) is 10.9. The van der Waals surface area contributed by atoms with Gasteiger partial charge in [-0.25, -0.2) is 0 Å². The predicted octanol–water partition coefficient (Wildman–Crippen LogP) is 1.33. The molecule has 106 valence electrons. The number of carbonyl (C=O) groups is 1. The van der Waals surface area contributed by atoms with Crippen LogP contribution < -0.4 is 15.8 Å². The van der Waals surface area contributed by atoms with Crippen LogP contribution in [0.2, 0.25) is 5.02 Å². The maximum absolute atomic E-state index is 10.9. The van der Waals surface area contributed by atoms with Crippen LogP contribution in [0.5, 0.6) is 5.75 Å². The summed E-state index contributed by atoms with van der Waals surface area (Å²) in [5.41, 5.74) is 6.16. The summed E-state index contributed by atoms with van der Waals surface area (Å²) < 4.78 is 10.3. The summed E-state index contributed by atoms with van der Waals surface area (Å²) in [5.74, 6) is -0.0741. The molecule has 0 aliphatic heterocycles. The first-order valence-electron chi connectivity index (χ1n) is 5.98. The van der Waals surface area contributed by atoms with Crippen LogP contribution in [0.1, 0.15) is 12.5 Å². The highest BCUT2D eigenvalue weighted by atomic mass is 35.5. The van der Waals surface area contributed by atoms with Crippen LogP contribution in [0.25, 0.3) is 0 Å². The van der Waals surface area contributed by atoms with Gasteiger partial charge in [-0.3, -0.25) is 4.79 Å². The van der Waals surface area contributed by atoms with E-state index < -0.39 is 12.0 Å². The molecule has 1 aromatic rings. The molecule has 1 unspecified atom stereocenters. The maximum atomic E-state index is 10.9. The monoisotopic (exact) mass is 286 g/mol. The van der Waals surface area contributed by atoms with Gasteiger partial charge in [-0.2, -0.15) is 0 Å². The van der Waals surface area contributed by atoms with E-state index >= 15 is 0 Å². The highest BCUT2D eigenvalue weighted by molar-refractivity contribution is 6.32. The molecule has 1 rings (SSSR count). The van der Waals surface area contributed by atoms with Crippen LogP contribution in [-0.2, 0) is 16.1 Å². The lowest BCUT2D eigenvalue weighted by Gasteiger charge is -2.13. The van der Waals surface area contributed by atoms with E-state index in [2.05, 4.69) is 5.32 Å². The largest absolute Gasteiger partial charge is 0.479 e. The molecule has 0 aliphatic rings. The summed E-state index contributed by atoms with van der Waals surface area (Å²) in [5, 5.41) is 3.67. The standard InChI is InChI=1S/C13H19ClN2O3/c1-9(13(15)17)19-12-4-3-10(7-11(12)14)8-16-5-6-18-2/h3-4,7,9,16H,5-6,8H2,1-2H3,(H2,15,17). The van der Waals surface area contributed by atoms with Gasteiger partial charge in [0, 0.05) is 20.2 Å². The summed E-state index contributed by atoms with van der Waals surface area (Å²) >= 11 is 6.09. The maximum Gasteiger partial charge on any atom is 0.258 e. The van der Waals surface area contributed by atoms with Crippen molar-refractivity contribution < 1.29 is 14.3 Å². The van der Waals surface area contributed by atoms with E-state index in [9.17, 15) is 4.79 Å². The fourth-order valence-corrected chi connectivity index (χ4v) is 1.65. The molecule has 6 heteroatoms. The SMILES string of the molecule is COCCNCc1ccc(OC(C)C(N)=O)c(Cl)c1. The number of hydrogen-bond acceptors (Lipinski definition) is 4. The smallest absolute Gasteiger partial charge is 0.258 e. The Kier molecular flexibility index (Phi) is 6.62. The zero-order chi connectivity index (χ0) is 14.3. The number of primary amides is 1. The van der Waals surface area contributed by atoms with Crippen molar-refractivity contribution in [3.63, 3.8) is 0 Å². The molecule has 3 N–H and O–H groups in total. The van der Waals surface area contributed by atoms with Crippen molar-refractivity contribution in [2.24, 2.45) is 5.73 Å². The van der Waals surface area contributed by atoms with Gasteiger partial charge >= 0.3 is 0 Å². The van der Waals surface area contributed by atoms with Crippen molar-refractivity contribution in [1.82, 2.24) is 5.32 Å². The number of amides is 1. The van der Waals surface area contributed by atoms with Gasteiger partial charge < -0.3 is 20.5 Å². The van der Waals surface area contributed by atoms with E-state index in [1.165, 1.54) is 0 Å². The number of hydrogen-bond donors (Lipinski definition) is 2. The highest BCUT2D eigenvalue weighted by Crippen LogP contribution is 2.26. The van der Waals surface area contributed by atoms with Crippen molar-refractivity contribution in [3.8, 4) is 5.75 Å². The Morgan fingerprint density at radius 3 is 2.84 bits per heavy atom. The topological polar surface area (TPSA) is 73.6 Å². The average Bonchev–Trinajstić information content (AvgIpc) is 2.37. The lowest BCUT2D eigenvalue weighted by atomic mass is 10.2. The molecule has 0 bridgehead atoms. The quantitative estimate of drug-likeness (QED) is 0.707. The number of halogens is 1. The number of nitrogens with one attached hydrogen (secondary N) is 1. The molecule has 0 fully saturated rings. The summed E-state index contributed by atoms with van der Waals surface area (Å²) in [6.45, 7) is 3.70. The first-order valence-corrected chi connectivity index (χ1v) is 6.36. The zero-order valence-corrected chi connectivity index (χ0v) is 11.9. The Bertz CT molecular complexity index is 426. The predicted molar refractivity (Wildman–Crippen MR) is 74.3 cm³/mol. The molecule has 0 aromatic heterocycles. The van der Waals surface area contributed by atoms with Crippen molar-refractivity contribution in [3.05, 3.63) is 28.8 Å². The second kappa shape index (κ2) is 7.99. The molecular weight excluding hydrogens is 268 g/mol. The Morgan fingerprint density at radius 1 is 1.53 bits per heavy atom. The van der Waals surface area contributed by atoms with Gasteiger partial charge in [0.25, 0.3) is 5.91 Å². The minimum absolute atomic E-state index is 0.452. The van der Waals surface area contributed by atoms with Gasteiger partial charge in [0.2, 0.25) is 0 Å². The van der Waals surface area contributed by atoms with Gasteiger partial charge in [-0.05, 0) is 24.6 Å². The van der Waals surface area contributed by atoms with Gasteiger partial charge in [0.05, 0.1) is 11.6 Å². The molecule has 1 aromatic carbocycles. The molecule has 0 saturated carbocycles. The van der Waals surface area contributed by atoms with Gasteiger partial charge in [0.1, 0.15) is 5.75 Å². The average molecular weight is 287 g/mol. The number of nitrogens with two attached hydrogens (primary N) is 1. The Morgan fingerprint density at radius 2 is 2.26 bits per heavy atom. The molecular formula is C13H19ClN2O3. The second-order valence-electron chi connectivity index (χ2n) is 4.10. The van der Waals surface area contributed by atoms with E-state index in [0.717, 1.165) is 12.1 Å². The first-order chi connectivity index (χ1) is 9.04. The number of methoxy groups -OCH3 is 1. The minimum atomic E-state index is -0.705. The summed E-state index contributed by atoms with van der Waals surface area (Å²) in [6.07, 6.45) is -0.705. The molecule has 1 amide bonds. The second-order valence-corrected chi connectivity index (χ2v) is 4.50. The molecule has 19 heavy (non-hydrogen) atoms. The number of carbonyl (C=O) groups excluding carboxylic acids is 1. The lowest BCUT2D eigenvalue weighted by molar-refractivity contribution is -0.123. The van der Waals surface area contributed by atoms with E-state index in [0.29, 0.717) is 23.9 Å². The first kappa shape index (κ1) is 15.8. The third-order valence-corrected chi connectivity index (χ3v) is 2.81. The molecule has 0 heterocycles. The lowest BCUT2D eigenvalue weighted by Crippen LogP contribution is -2.30. The van der Waals surface area contributed by atoms with Crippen molar-refractivity contribution in [2.45, 2.75) is 19.6 Å². The van der Waals surface area contributed by atoms with Crippen molar-refractivity contribution in [2.75, 3.05) is 20.3 Å². The van der Waals surface area contributed by atoms with Crippen LogP contribution in [0.4, 0.5) is 0 Å². The fraction of sp³-hybridized carbons (Fsp3) is 0.462. The van der Waals surface area contributed by atoms with Gasteiger partial charge in [-0.1, -0.05) is 17.7 Å². The van der Waals surface area contributed by atoms with Gasteiger partial charge in [-0.15, -0.1) is 0 Å². The molecule has 5 nitrogen and oxygen atoms in total. The normalized spacial score (nSPS) is 12.2. The van der Waals surface area contributed by atoms with Crippen LogP contribution in [-0.4, -0.2) is 32.3 Å². The van der Waals surface area contributed by atoms with Crippen LogP contribution in [0.15, 0.2) is 18.2 Å². The van der Waals surface area contributed by atoms with Crippen molar-refractivity contribution in [1.29, 1.82) is 0 Å². The minimum Gasteiger partial charge on any atom is -0.479 e. The third-order valence-electron chi connectivity index (χ3n) is 2.51.